The van der Waals surface area contributed by atoms with Crippen molar-refractivity contribution >= 4 is 134 Å². The molecule has 11 unspecified atom stereocenters. The van der Waals surface area contributed by atoms with Crippen LogP contribution in [0.25, 0.3) is 0 Å². The van der Waals surface area contributed by atoms with E-state index in [0.717, 1.165) is 198 Å². The van der Waals surface area contributed by atoms with Gasteiger partial charge in [-0.2, -0.15) is 0 Å². The Morgan fingerprint density at radius 3 is 0.755 bits per heavy atom. The first-order valence-corrected chi connectivity index (χ1v) is 52.8. The monoisotopic (exact) mass is 2230 g/mol. The zero-order valence-corrected chi connectivity index (χ0v) is 88.3. The van der Waals surface area contributed by atoms with Gasteiger partial charge in [-0.3, -0.25) is 38.4 Å². The van der Waals surface area contributed by atoms with Gasteiger partial charge in [0.2, 0.25) is 25.6 Å². The van der Waals surface area contributed by atoms with Gasteiger partial charge in [-0.1, -0.05) is 321 Å². The third-order valence-corrected chi connectivity index (χ3v) is 22.8. The number of unbranched alkanes of at least 4 members (excludes halogenated alkanes) is 2. The molecule has 33 heteroatoms. The van der Waals surface area contributed by atoms with Crippen LogP contribution in [-0.2, 0) is 143 Å². The molecule has 11 atom stereocenters. The van der Waals surface area contributed by atoms with Gasteiger partial charge in [0.05, 0.1) is 135 Å². The van der Waals surface area contributed by atoms with Gasteiger partial charge in [0, 0.05) is 66.2 Å². The van der Waals surface area contributed by atoms with Gasteiger partial charge >= 0.3 is 0 Å². The van der Waals surface area contributed by atoms with Crippen LogP contribution < -0.4 is 21.3 Å². The number of carbonyl (C=O) groups is 8. The van der Waals surface area contributed by atoms with E-state index in [-0.39, 0.29) is 6.10 Å². The van der Waals surface area contributed by atoms with Crippen molar-refractivity contribution < 1.29 is 109 Å². The minimum absolute atomic E-state index is 0.199. The summed E-state index contributed by atoms with van der Waals surface area (Å²) in [6.45, 7) is 16.5. The number of nitrogens with one attached hydrogen (secondary N) is 4. The van der Waals surface area contributed by atoms with Gasteiger partial charge < -0.3 is 92.3 Å². The molecule has 9 aromatic rings. The number of carbonyl (C=O) groups excluding carboxylic acids is 8. The van der Waals surface area contributed by atoms with Crippen molar-refractivity contribution in [2.24, 2.45) is 0 Å². The Bertz CT molecular complexity index is 3910. The molecule has 0 saturated carbocycles. The summed E-state index contributed by atoms with van der Waals surface area (Å²) in [5, 5.41) is 13.1. The molecule has 0 radical (unpaired) electrons. The van der Waals surface area contributed by atoms with Gasteiger partial charge in [0.25, 0.3) is 25.9 Å². The van der Waals surface area contributed by atoms with Crippen molar-refractivity contribution in [2.45, 2.75) is 178 Å². The number of benzene rings is 9. The lowest BCUT2D eigenvalue weighted by Gasteiger charge is -1.96. The number of alkyl halides is 6. The SMILES string of the molecule is BrCc1ccccc1.BrCc1ccccc1.BrCc1ccccc1.ClCc1ccccc1.ClCc1ccccc1.ClCc1ccccc1.O=CNCC1CO1.O=CNCCC1CO1.O=CNCCCC1CO1.O=CNCCCCC1CO1.O=COCC1CO1.O=COCCC1CO1.O=COCCCC1CO1.O=COCCCCC1CO1.c1ccc(C2CO2)cc1.c1ccc(C2CO2)cc1.c1ccc(C2CO2)cc1. The fourth-order valence-electron chi connectivity index (χ4n) is 11.0. The second-order valence-electron chi connectivity index (χ2n) is 32.0. The zero-order valence-electron chi connectivity index (χ0n) is 81.3. The lowest BCUT2D eigenvalue weighted by atomic mass is 10.2. The van der Waals surface area contributed by atoms with Crippen LogP contribution in [0, 0.1) is 0 Å². The van der Waals surface area contributed by atoms with Crippen molar-refractivity contribution in [2.75, 3.05) is 125 Å². The van der Waals surface area contributed by atoms with E-state index in [1.165, 1.54) is 50.1 Å². The average molecular weight is 2230 g/mol. The molecule has 11 fully saturated rings. The smallest absolute Gasteiger partial charge is 0.293 e. The third kappa shape index (κ3) is 84.5. The Kier molecular flexibility index (Phi) is 79.4. The Balaban J connectivity index is 0.000000317. The van der Waals surface area contributed by atoms with Crippen molar-refractivity contribution in [3.05, 3.63) is 323 Å². The molecule has 143 heavy (non-hydrogen) atoms. The number of hydrogen-bond acceptors (Lipinski definition) is 23. The lowest BCUT2D eigenvalue weighted by molar-refractivity contribution is -0.129. The summed E-state index contributed by atoms with van der Waals surface area (Å²) in [5.74, 6) is 1.84. The molecule has 0 aromatic heterocycles. The van der Waals surface area contributed by atoms with Crippen LogP contribution in [0.5, 0.6) is 0 Å². The maximum Gasteiger partial charge on any atom is 0.293 e. The molecule has 0 bridgehead atoms. The fourth-order valence-corrected chi connectivity index (χ4v) is 12.6. The first-order chi connectivity index (χ1) is 70.4. The number of amides is 4. The Hall–Kier alpha value is -9.39. The maximum atomic E-state index is 9.78. The van der Waals surface area contributed by atoms with E-state index >= 15 is 0 Å². The summed E-state index contributed by atoms with van der Waals surface area (Å²) < 4.78 is 72.3. The van der Waals surface area contributed by atoms with Gasteiger partial charge in [-0.15, -0.1) is 34.8 Å². The standard InChI is InChI=1S/3C8H8O.3C7H7Br.3C7H7Cl.C7H13NO2.C7H12O3.C6H11NO2.C6H10O3.C5H9NO2.C5H8O3.C4H7NO2.C4H6O3/c3*1-2-4-7(5-3-1)8-6-9-8;6*8-6-7-4-2-1-3-5-7;9-6-8-4-2-1-3-7-5-10-7;8-6-9-4-2-1-3-7-5-10-7;8-5-7-3-1-2-6-4-9-6;7-5-8-3-1-2-6-4-9-6;7-4-6-2-1-5-3-8-5;6-4-7-2-1-5-3-8-5;6-3-5-1-4-2-7-4;5-3-6-1-4-2-7-4/h3*1-5,8H,6H2;6*1-5H,6H2;6-7H,1-5H2,(H,8,9);6-7H,1-5H2;5-6H,1-4H2,(H,7,8);5-6H,1-4H2;4-5H,1-3H2,(H,6,7);4-5H,1-3H2;3-4H,1-2H2,(H,5,6);3-4H,1-2H2. The zero-order chi connectivity index (χ0) is 103. The molecule has 0 aliphatic carbocycles. The quantitative estimate of drug-likeness (QED) is 0.00905. The molecule has 11 aliphatic rings. The molecular formula is C110H142Br3Cl3N4O23. The minimum atomic E-state index is 0.199. The molecule has 782 valence electrons. The summed E-state index contributed by atoms with van der Waals surface area (Å²) in [6, 6.07) is 91.6. The highest BCUT2D eigenvalue weighted by Gasteiger charge is 2.28. The van der Waals surface area contributed by atoms with E-state index in [9.17, 15) is 38.4 Å². The van der Waals surface area contributed by atoms with Gasteiger partial charge in [-0.05, 0) is 121 Å². The summed E-state index contributed by atoms with van der Waals surface area (Å²) in [6.07, 6.45) is 19.8. The van der Waals surface area contributed by atoms with Crippen molar-refractivity contribution in [1.29, 1.82) is 0 Å². The predicted molar refractivity (Wildman–Crippen MR) is 568 cm³/mol. The topological polar surface area (TPSA) is 359 Å². The second kappa shape index (κ2) is 90.2. The third-order valence-electron chi connectivity index (χ3n) is 19.9. The molecule has 11 saturated heterocycles. The number of ether oxygens (including phenoxy) is 15. The van der Waals surface area contributed by atoms with E-state index in [2.05, 4.69) is 161 Å². The van der Waals surface area contributed by atoms with Gasteiger partial charge in [0.1, 0.15) is 31.0 Å². The minimum Gasteiger partial charge on any atom is -0.468 e. The summed E-state index contributed by atoms with van der Waals surface area (Å²) in [7, 11) is 0. The Morgan fingerprint density at radius 2 is 0.490 bits per heavy atom. The molecule has 20 rings (SSSR count). The normalized spacial score (nSPS) is 19.0. The van der Waals surface area contributed by atoms with Crippen LogP contribution in [-0.4, -0.2) is 226 Å². The molecular weight excluding hydrogens is 2090 g/mol. The average Bonchev–Trinajstić information content (AvgIpc) is 1.73. The molecule has 4 amide bonds. The summed E-state index contributed by atoms with van der Waals surface area (Å²) in [4.78, 5) is 77.0. The van der Waals surface area contributed by atoms with E-state index in [1.54, 1.807) is 0 Å². The predicted octanol–water partition coefficient (Wildman–Crippen LogP) is 19.7. The van der Waals surface area contributed by atoms with Crippen LogP contribution >= 0.6 is 82.6 Å². The van der Waals surface area contributed by atoms with Crippen LogP contribution in [0.3, 0.4) is 0 Å². The maximum absolute atomic E-state index is 9.78. The number of epoxide rings is 11. The summed E-state index contributed by atoms with van der Waals surface area (Å²) in [5.41, 5.74) is 11.4. The molecule has 0 spiro atoms. The summed E-state index contributed by atoms with van der Waals surface area (Å²) >= 11 is 26.7. The molecule has 11 aliphatic heterocycles. The van der Waals surface area contributed by atoms with Crippen molar-refractivity contribution in [1.82, 2.24) is 21.3 Å². The van der Waals surface area contributed by atoms with Crippen LogP contribution in [0.15, 0.2) is 273 Å². The highest BCUT2D eigenvalue weighted by Crippen LogP contribution is 2.31. The molecule has 4 N–H and O–H groups in total. The number of halogens is 6. The van der Waals surface area contributed by atoms with Crippen LogP contribution in [0.4, 0.5) is 0 Å². The second-order valence-corrected chi connectivity index (χ2v) is 34.5. The first kappa shape index (κ1) is 126. The van der Waals surface area contributed by atoms with Crippen molar-refractivity contribution in [3.63, 3.8) is 0 Å². The number of hydrogen-bond donors (Lipinski definition) is 4. The van der Waals surface area contributed by atoms with E-state index in [1.807, 2.05) is 200 Å². The van der Waals surface area contributed by atoms with Crippen LogP contribution in [0.1, 0.15) is 145 Å². The number of rotatable bonds is 45. The fraction of sp³-hybridized carbons (Fsp3) is 0.436. The van der Waals surface area contributed by atoms with Gasteiger partial charge in [0.15, 0.2) is 0 Å². The van der Waals surface area contributed by atoms with Gasteiger partial charge in [-0.25, -0.2) is 0 Å². The van der Waals surface area contributed by atoms with E-state index < -0.39 is 0 Å². The van der Waals surface area contributed by atoms with E-state index in [0.29, 0.717) is 150 Å². The lowest BCUT2D eigenvalue weighted by Crippen LogP contribution is -2.16. The van der Waals surface area contributed by atoms with Crippen molar-refractivity contribution in [3.8, 4) is 0 Å². The van der Waals surface area contributed by atoms with E-state index in [4.69, 9.17) is 86.9 Å². The molecule has 11 heterocycles. The Morgan fingerprint density at radius 1 is 0.245 bits per heavy atom. The molecule has 27 nitrogen and oxygen atoms in total. The first-order valence-electron chi connectivity index (χ1n) is 47.9. The largest absolute Gasteiger partial charge is 0.468 e. The van der Waals surface area contributed by atoms with Crippen LogP contribution in [0.2, 0.25) is 0 Å². The molecule has 9 aromatic carbocycles. The highest BCUT2D eigenvalue weighted by atomic mass is 79.9. The Labute approximate surface area is 884 Å². The highest BCUT2D eigenvalue weighted by molar-refractivity contribution is 9.09.